The van der Waals surface area contributed by atoms with Gasteiger partial charge in [0.15, 0.2) is 4.96 Å². The number of rotatable bonds is 7. The minimum atomic E-state index is -0.107. The largest absolute Gasteiger partial charge is 0.355 e. The molecule has 0 atom stereocenters. The van der Waals surface area contributed by atoms with E-state index in [1.807, 2.05) is 36.5 Å². The predicted molar refractivity (Wildman–Crippen MR) is 136 cm³/mol. The van der Waals surface area contributed by atoms with Gasteiger partial charge >= 0.3 is 0 Å². The average molecular weight is 466 g/mol. The normalized spacial score (nSPS) is 14.2. The Labute approximate surface area is 199 Å². The number of hydrogen-bond donors (Lipinski definition) is 2. The molecular formula is C25H31N5O2S. The lowest BCUT2D eigenvalue weighted by molar-refractivity contribution is 0.0948. The van der Waals surface area contributed by atoms with Crippen LogP contribution in [0.1, 0.15) is 42.8 Å². The molecule has 3 heterocycles. The Morgan fingerprint density at radius 2 is 1.82 bits per heavy atom. The minimum absolute atomic E-state index is 0. The van der Waals surface area contributed by atoms with Gasteiger partial charge < -0.3 is 15.5 Å². The van der Waals surface area contributed by atoms with Crippen molar-refractivity contribution in [2.45, 2.75) is 19.3 Å². The van der Waals surface area contributed by atoms with E-state index >= 15 is 0 Å². The van der Waals surface area contributed by atoms with Gasteiger partial charge in [-0.2, -0.15) is 0 Å². The Hall–Kier alpha value is -3.23. The van der Waals surface area contributed by atoms with E-state index in [1.54, 1.807) is 30.5 Å². The second-order valence-corrected chi connectivity index (χ2v) is 9.39. The molecule has 0 bridgehead atoms. The first-order valence-corrected chi connectivity index (χ1v) is 12.2. The Morgan fingerprint density at radius 1 is 1.06 bits per heavy atom. The highest BCUT2D eigenvalue weighted by Gasteiger charge is 2.14. The first kappa shape index (κ1) is 21.6. The van der Waals surface area contributed by atoms with Gasteiger partial charge in [0, 0.05) is 39.3 Å². The third-order valence-electron chi connectivity index (χ3n) is 6.16. The molecule has 33 heavy (non-hydrogen) atoms. The molecule has 0 spiro atoms. The van der Waals surface area contributed by atoms with E-state index in [2.05, 4.69) is 19.9 Å². The fourth-order valence-electron chi connectivity index (χ4n) is 4.33. The molecule has 2 amide bonds. The molecule has 0 radical (unpaired) electrons. The maximum absolute atomic E-state index is 12.6. The standard InChI is InChI=1S/C25H27N5O2S.2H2/c1-26-23(31)18-7-5-17(6-8-18)20-16-30-21-10-9-19(15-22(21)33-25(30)28-20)24(32)27-11-4-14-29-12-2-3-13-29;;/h5-10,15-16H,2-4,11-14H2,1H3,(H,26,31)(H,27,32);2*1H. The lowest BCUT2D eigenvalue weighted by atomic mass is 10.1. The highest BCUT2D eigenvalue weighted by molar-refractivity contribution is 7.23. The highest BCUT2D eigenvalue weighted by Crippen LogP contribution is 2.30. The summed E-state index contributed by atoms with van der Waals surface area (Å²) in [6.07, 6.45) is 5.57. The Kier molecular flexibility index (Phi) is 6.11. The number of likely N-dealkylation sites (tertiary alicyclic amines) is 1. The second kappa shape index (κ2) is 9.33. The number of carbonyl (C=O) groups excluding carboxylic acids is 2. The maximum atomic E-state index is 12.6. The minimum Gasteiger partial charge on any atom is -0.355 e. The summed E-state index contributed by atoms with van der Waals surface area (Å²) in [5, 5.41) is 5.68. The number of nitrogens with zero attached hydrogens (tertiary/aromatic N) is 3. The van der Waals surface area contributed by atoms with Crippen LogP contribution in [0.5, 0.6) is 0 Å². The van der Waals surface area contributed by atoms with Crippen LogP contribution in [0.2, 0.25) is 0 Å². The number of carbonyl (C=O) groups is 2. The molecule has 8 heteroatoms. The van der Waals surface area contributed by atoms with Gasteiger partial charge in [-0.05, 0) is 69.2 Å². The van der Waals surface area contributed by atoms with Gasteiger partial charge in [-0.3, -0.25) is 14.0 Å². The van der Waals surface area contributed by atoms with Crippen LogP contribution in [-0.2, 0) is 0 Å². The number of fused-ring (bicyclic) bond motifs is 3. The summed E-state index contributed by atoms with van der Waals surface area (Å²) in [5.41, 5.74) is 4.14. The molecule has 1 fully saturated rings. The SMILES string of the molecule is CNC(=O)c1ccc(-c2cn3c(n2)sc2cc(C(=O)NCCCN4CCCC4)ccc23)cc1.[HH].[HH]. The van der Waals surface area contributed by atoms with E-state index in [9.17, 15) is 9.59 Å². The molecule has 0 unspecified atom stereocenters. The first-order chi connectivity index (χ1) is 16.1. The van der Waals surface area contributed by atoms with Crippen LogP contribution in [0.25, 0.3) is 26.4 Å². The molecule has 5 rings (SSSR count). The van der Waals surface area contributed by atoms with Gasteiger partial charge in [-0.1, -0.05) is 23.5 Å². The molecule has 0 saturated carbocycles. The van der Waals surface area contributed by atoms with Gasteiger partial charge in [0.05, 0.1) is 15.9 Å². The molecule has 1 aliphatic heterocycles. The van der Waals surface area contributed by atoms with Crippen molar-refractivity contribution < 1.29 is 12.4 Å². The van der Waals surface area contributed by atoms with E-state index in [0.717, 1.165) is 39.4 Å². The zero-order valence-electron chi connectivity index (χ0n) is 18.6. The molecule has 0 aliphatic carbocycles. The van der Waals surface area contributed by atoms with E-state index in [-0.39, 0.29) is 14.7 Å². The summed E-state index contributed by atoms with van der Waals surface area (Å²) in [7, 11) is 1.62. The quantitative estimate of drug-likeness (QED) is 0.399. The van der Waals surface area contributed by atoms with E-state index < -0.39 is 0 Å². The number of nitrogens with one attached hydrogen (secondary N) is 2. The monoisotopic (exact) mass is 465 g/mol. The van der Waals surface area contributed by atoms with Gasteiger partial charge in [-0.25, -0.2) is 4.98 Å². The Balaban J connectivity index is 0.00000171. The Morgan fingerprint density at radius 3 is 2.58 bits per heavy atom. The number of imidazole rings is 1. The van der Waals surface area contributed by atoms with Crippen LogP contribution in [0, 0.1) is 0 Å². The topological polar surface area (TPSA) is 78.7 Å². The summed E-state index contributed by atoms with van der Waals surface area (Å²) < 4.78 is 3.09. The second-order valence-electron chi connectivity index (χ2n) is 8.38. The van der Waals surface area contributed by atoms with E-state index in [1.165, 1.54) is 25.9 Å². The van der Waals surface area contributed by atoms with Crippen LogP contribution in [-0.4, -0.2) is 59.3 Å². The average Bonchev–Trinajstić information content (AvgIpc) is 3.57. The van der Waals surface area contributed by atoms with Crippen LogP contribution in [0.15, 0.2) is 48.7 Å². The van der Waals surface area contributed by atoms with E-state index in [0.29, 0.717) is 17.7 Å². The van der Waals surface area contributed by atoms with Crippen LogP contribution in [0.4, 0.5) is 0 Å². The number of amides is 2. The van der Waals surface area contributed by atoms with Crippen LogP contribution in [0.3, 0.4) is 0 Å². The van der Waals surface area contributed by atoms with Gasteiger partial charge in [0.1, 0.15) is 0 Å². The third-order valence-corrected chi connectivity index (χ3v) is 7.18. The molecule has 174 valence electrons. The molecule has 1 aliphatic rings. The van der Waals surface area contributed by atoms with Gasteiger partial charge in [-0.15, -0.1) is 0 Å². The summed E-state index contributed by atoms with van der Waals surface area (Å²) >= 11 is 1.57. The van der Waals surface area contributed by atoms with Crippen molar-refractivity contribution in [2.24, 2.45) is 0 Å². The summed E-state index contributed by atoms with van der Waals surface area (Å²) in [6, 6.07) is 13.2. The zero-order valence-corrected chi connectivity index (χ0v) is 19.5. The van der Waals surface area contributed by atoms with Crippen molar-refractivity contribution in [1.29, 1.82) is 0 Å². The summed E-state index contributed by atoms with van der Waals surface area (Å²) in [6.45, 7) is 4.13. The van der Waals surface area contributed by atoms with Crippen molar-refractivity contribution in [3.63, 3.8) is 0 Å². The molecule has 2 aromatic heterocycles. The highest BCUT2D eigenvalue weighted by atomic mass is 32.1. The lowest BCUT2D eigenvalue weighted by Gasteiger charge is -2.14. The number of aromatic nitrogens is 2. The molecule has 2 aromatic carbocycles. The van der Waals surface area contributed by atoms with Crippen molar-refractivity contribution in [1.82, 2.24) is 24.9 Å². The molecule has 4 aromatic rings. The van der Waals surface area contributed by atoms with Gasteiger partial charge in [0.25, 0.3) is 11.8 Å². The predicted octanol–water partition coefficient (Wildman–Crippen LogP) is 4.28. The third kappa shape index (κ3) is 4.49. The maximum Gasteiger partial charge on any atom is 0.251 e. The van der Waals surface area contributed by atoms with Crippen molar-refractivity contribution >= 4 is 38.3 Å². The smallest absolute Gasteiger partial charge is 0.251 e. The molecule has 7 nitrogen and oxygen atoms in total. The van der Waals surface area contributed by atoms with E-state index in [4.69, 9.17) is 4.98 Å². The molecule has 2 N–H and O–H groups in total. The first-order valence-electron chi connectivity index (χ1n) is 11.4. The zero-order chi connectivity index (χ0) is 22.8. The summed E-state index contributed by atoms with van der Waals surface area (Å²) in [4.78, 5) is 32.5. The fourth-order valence-corrected chi connectivity index (χ4v) is 5.38. The van der Waals surface area contributed by atoms with Crippen LogP contribution < -0.4 is 10.6 Å². The molecule has 1 saturated heterocycles. The lowest BCUT2D eigenvalue weighted by Crippen LogP contribution is -2.28. The summed E-state index contributed by atoms with van der Waals surface area (Å²) in [5.74, 6) is -0.133. The molecular weight excluding hydrogens is 434 g/mol. The Bertz CT molecular complexity index is 1310. The fraction of sp³-hybridized carbons (Fsp3) is 0.320. The van der Waals surface area contributed by atoms with Crippen molar-refractivity contribution in [3.05, 3.63) is 59.8 Å². The number of thiazole rings is 1. The number of hydrogen-bond acceptors (Lipinski definition) is 5. The van der Waals surface area contributed by atoms with Crippen molar-refractivity contribution in [2.75, 3.05) is 33.2 Å². The number of benzene rings is 2. The van der Waals surface area contributed by atoms with Crippen LogP contribution >= 0.6 is 11.3 Å². The van der Waals surface area contributed by atoms with Gasteiger partial charge in [0.2, 0.25) is 0 Å². The van der Waals surface area contributed by atoms with Crippen molar-refractivity contribution in [3.8, 4) is 11.3 Å².